The number of amides is 2. The third-order valence-corrected chi connectivity index (χ3v) is 4.86. The number of benzene rings is 1. The number of rotatable bonds is 4. The summed E-state index contributed by atoms with van der Waals surface area (Å²) in [7, 11) is 1.89. The van der Waals surface area contributed by atoms with Crippen molar-refractivity contribution in [2.24, 2.45) is 7.05 Å². The molecule has 0 aliphatic carbocycles. The first-order chi connectivity index (χ1) is 12.0. The molecule has 1 atom stereocenters. The van der Waals surface area contributed by atoms with Gasteiger partial charge in [0.1, 0.15) is 5.75 Å². The fraction of sp³-hybridized carbons (Fsp3) is 0.474. The van der Waals surface area contributed by atoms with Crippen molar-refractivity contribution in [3.8, 4) is 5.75 Å². The second kappa shape index (κ2) is 7.17. The van der Waals surface area contributed by atoms with E-state index >= 15 is 0 Å². The average Bonchev–Trinajstić information content (AvgIpc) is 3.20. The van der Waals surface area contributed by atoms with E-state index in [2.05, 4.69) is 10.4 Å². The molecule has 3 rings (SSSR count). The van der Waals surface area contributed by atoms with Gasteiger partial charge in [0, 0.05) is 31.9 Å². The first-order valence-corrected chi connectivity index (χ1v) is 8.78. The summed E-state index contributed by atoms with van der Waals surface area (Å²) < 4.78 is 1.78. The first kappa shape index (κ1) is 17.3. The minimum atomic E-state index is -0.0152. The molecule has 0 spiro atoms. The maximum atomic E-state index is 12.6. The Morgan fingerprint density at radius 1 is 1.36 bits per heavy atom. The van der Waals surface area contributed by atoms with E-state index in [4.69, 9.17) is 0 Å². The number of carbonyl (C=O) groups is 1. The van der Waals surface area contributed by atoms with Crippen LogP contribution in [-0.2, 0) is 13.5 Å². The summed E-state index contributed by atoms with van der Waals surface area (Å²) in [4.78, 5) is 14.5. The van der Waals surface area contributed by atoms with Crippen molar-refractivity contribution >= 4 is 6.03 Å². The molecule has 0 bridgehead atoms. The Labute approximate surface area is 148 Å². The predicted molar refractivity (Wildman–Crippen MR) is 96.6 cm³/mol. The Kier molecular flexibility index (Phi) is 4.97. The van der Waals surface area contributed by atoms with E-state index < -0.39 is 0 Å². The van der Waals surface area contributed by atoms with E-state index in [0.29, 0.717) is 12.3 Å². The molecule has 2 N–H and O–H groups in total. The Morgan fingerprint density at radius 3 is 2.72 bits per heavy atom. The zero-order chi connectivity index (χ0) is 18.0. The highest BCUT2D eigenvalue weighted by Gasteiger charge is 2.30. The van der Waals surface area contributed by atoms with Crippen LogP contribution in [0.3, 0.4) is 0 Å². The third kappa shape index (κ3) is 3.78. The van der Waals surface area contributed by atoms with Gasteiger partial charge in [0.2, 0.25) is 0 Å². The molecular formula is C19H26N4O2. The number of phenols is 1. The van der Waals surface area contributed by atoms with E-state index in [1.807, 2.05) is 50.3 Å². The van der Waals surface area contributed by atoms with Gasteiger partial charge in [-0.05, 0) is 49.8 Å². The van der Waals surface area contributed by atoms with Crippen LogP contribution in [0.5, 0.6) is 5.75 Å². The van der Waals surface area contributed by atoms with E-state index in [9.17, 15) is 9.90 Å². The highest BCUT2D eigenvalue weighted by molar-refractivity contribution is 5.75. The van der Waals surface area contributed by atoms with E-state index in [1.165, 1.54) is 0 Å². The van der Waals surface area contributed by atoms with Gasteiger partial charge < -0.3 is 15.3 Å². The molecule has 1 aliphatic heterocycles. The highest BCUT2D eigenvalue weighted by Crippen LogP contribution is 2.31. The van der Waals surface area contributed by atoms with Crippen molar-refractivity contribution in [3.63, 3.8) is 0 Å². The van der Waals surface area contributed by atoms with Crippen LogP contribution in [0.25, 0.3) is 0 Å². The van der Waals surface area contributed by atoms with Crippen LogP contribution < -0.4 is 5.32 Å². The summed E-state index contributed by atoms with van der Waals surface area (Å²) in [6.07, 6.45) is 6.58. The zero-order valence-electron chi connectivity index (χ0n) is 15.1. The summed E-state index contributed by atoms with van der Waals surface area (Å²) in [5.41, 5.74) is 3.97. The maximum absolute atomic E-state index is 12.6. The number of hydrogen-bond acceptors (Lipinski definition) is 3. The lowest BCUT2D eigenvalue weighted by molar-refractivity contribution is 0.193. The molecular weight excluding hydrogens is 316 g/mol. The molecule has 1 saturated heterocycles. The fourth-order valence-corrected chi connectivity index (χ4v) is 3.57. The molecule has 1 aliphatic rings. The number of nitrogens with zero attached hydrogens (tertiary/aromatic N) is 3. The second-order valence-corrected chi connectivity index (χ2v) is 6.86. The molecule has 1 fully saturated rings. The second-order valence-electron chi connectivity index (χ2n) is 6.86. The van der Waals surface area contributed by atoms with Gasteiger partial charge >= 0.3 is 6.03 Å². The summed E-state index contributed by atoms with van der Waals surface area (Å²) in [6, 6.07) is 4.05. The van der Waals surface area contributed by atoms with E-state index in [1.54, 1.807) is 4.68 Å². The monoisotopic (exact) mass is 342 g/mol. The Balaban J connectivity index is 1.57. The van der Waals surface area contributed by atoms with Crippen LogP contribution >= 0.6 is 0 Å². The SMILES string of the molecule is Cc1cc(CCNC(=O)N2CCC[C@@H]2c2cnn(C)c2)cc(C)c1O. The van der Waals surface area contributed by atoms with Crippen molar-refractivity contribution in [2.45, 2.75) is 39.2 Å². The summed E-state index contributed by atoms with van der Waals surface area (Å²) >= 11 is 0. The quantitative estimate of drug-likeness (QED) is 0.897. The van der Waals surface area contributed by atoms with Gasteiger partial charge in [-0.25, -0.2) is 4.79 Å². The lowest BCUT2D eigenvalue weighted by atomic mass is 10.0. The van der Waals surface area contributed by atoms with Gasteiger partial charge in [-0.15, -0.1) is 0 Å². The van der Waals surface area contributed by atoms with Gasteiger partial charge in [-0.2, -0.15) is 5.10 Å². The summed E-state index contributed by atoms with van der Waals surface area (Å²) in [6.45, 7) is 5.15. The number of urea groups is 1. The molecule has 6 nitrogen and oxygen atoms in total. The minimum absolute atomic E-state index is 0.0152. The van der Waals surface area contributed by atoms with E-state index in [-0.39, 0.29) is 12.1 Å². The predicted octanol–water partition coefficient (Wildman–Crippen LogP) is 2.83. The average molecular weight is 342 g/mol. The Hall–Kier alpha value is -2.50. The van der Waals surface area contributed by atoms with Crippen molar-refractivity contribution in [3.05, 3.63) is 46.8 Å². The van der Waals surface area contributed by atoms with Crippen molar-refractivity contribution < 1.29 is 9.90 Å². The molecule has 0 saturated carbocycles. The van der Waals surface area contributed by atoms with Gasteiger partial charge in [0.25, 0.3) is 0 Å². The molecule has 0 unspecified atom stereocenters. The number of phenolic OH excluding ortho intramolecular Hbond substituents is 1. The summed E-state index contributed by atoms with van der Waals surface area (Å²) in [5, 5.41) is 17.1. The van der Waals surface area contributed by atoms with Gasteiger partial charge in [0.15, 0.2) is 0 Å². The fourth-order valence-electron chi connectivity index (χ4n) is 3.57. The lowest BCUT2D eigenvalue weighted by Crippen LogP contribution is -2.40. The number of nitrogens with one attached hydrogen (secondary N) is 1. The first-order valence-electron chi connectivity index (χ1n) is 8.78. The molecule has 25 heavy (non-hydrogen) atoms. The van der Waals surface area contributed by atoms with Crippen LogP contribution in [0, 0.1) is 13.8 Å². The molecule has 1 aromatic heterocycles. The molecule has 1 aromatic carbocycles. The topological polar surface area (TPSA) is 70.4 Å². The third-order valence-electron chi connectivity index (χ3n) is 4.86. The number of aryl methyl sites for hydroxylation is 3. The van der Waals surface area contributed by atoms with Gasteiger partial charge in [-0.3, -0.25) is 4.68 Å². The Bertz CT molecular complexity index is 746. The smallest absolute Gasteiger partial charge is 0.317 e. The standard InChI is InChI=1S/C19H26N4O2/c1-13-9-15(10-14(2)18(13)24)6-7-20-19(25)23-8-4-5-17(23)16-11-21-22(3)12-16/h9-12,17,24H,4-8H2,1-3H3,(H,20,25)/t17-/m1/s1. The minimum Gasteiger partial charge on any atom is -0.507 e. The number of hydrogen-bond donors (Lipinski definition) is 2. The largest absolute Gasteiger partial charge is 0.507 e. The molecule has 6 heteroatoms. The number of aromatic nitrogens is 2. The van der Waals surface area contributed by atoms with E-state index in [0.717, 1.165) is 48.1 Å². The Morgan fingerprint density at radius 2 is 2.08 bits per heavy atom. The maximum Gasteiger partial charge on any atom is 0.317 e. The van der Waals surface area contributed by atoms with Crippen LogP contribution in [0.1, 0.15) is 41.1 Å². The lowest BCUT2D eigenvalue weighted by Gasteiger charge is -2.24. The zero-order valence-corrected chi connectivity index (χ0v) is 15.1. The van der Waals surface area contributed by atoms with Crippen molar-refractivity contribution in [1.29, 1.82) is 0 Å². The van der Waals surface area contributed by atoms with Gasteiger partial charge in [-0.1, -0.05) is 12.1 Å². The van der Waals surface area contributed by atoms with Crippen LogP contribution in [0.15, 0.2) is 24.5 Å². The number of likely N-dealkylation sites (tertiary alicyclic amines) is 1. The summed E-state index contributed by atoms with van der Waals surface area (Å²) in [5.74, 6) is 0.351. The highest BCUT2D eigenvalue weighted by atomic mass is 16.3. The van der Waals surface area contributed by atoms with Gasteiger partial charge in [0.05, 0.1) is 12.2 Å². The number of aromatic hydroxyl groups is 1. The van der Waals surface area contributed by atoms with Crippen LogP contribution in [-0.4, -0.2) is 38.9 Å². The van der Waals surface area contributed by atoms with Crippen molar-refractivity contribution in [1.82, 2.24) is 20.0 Å². The van der Waals surface area contributed by atoms with Crippen LogP contribution in [0.4, 0.5) is 4.79 Å². The normalized spacial score (nSPS) is 17.1. The molecule has 134 valence electrons. The van der Waals surface area contributed by atoms with Crippen molar-refractivity contribution in [2.75, 3.05) is 13.1 Å². The molecule has 2 heterocycles. The molecule has 2 amide bonds. The number of carbonyl (C=O) groups excluding carboxylic acids is 1. The molecule has 2 aromatic rings. The van der Waals surface area contributed by atoms with Crippen LogP contribution in [0.2, 0.25) is 0 Å². The molecule has 0 radical (unpaired) electrons.